The second-order valence-electron chi connectivity index (χ2n) is 10.0. The summed E-state index contributed by atoms with van der Waals surface area (Å²) in [4.78, 5) is 0. The van der Waals surface area contributed by atoms with E-state index in [0.29, 0.717) is 12.5 Å². The smallest absolute Gasteiger partial charge is 0.241 e. The summed E-state index contributed by atoms with van der Waals surface area (Å²) in [6, 6.07) is 0. The molecule has 0 aliphatic heterocycles. The Morgan fingerprint density at radius 1 is 0.880 bits per heavy atom. The molecule has 5 nitrogen and oxygen atoms in total. The first-order valence-corrected chi connectivity index (χ1v) is 11.8. The molecule has 0 aliphatic rings. The topological polar surface area (TPSA) is 79.7 Å². The maximum absolute atomic E-state index is 6.52. The van der Waals surface area contributed by atoms with Gasteiger partial charge in [0.05, 0.1) is 16.6 Å². The van der Waals surface area contributed by atoms with E-state index >= 15 is 0 Å². The number of rotatable bonds is 11. The van der Waals surface area contributed by atoms with Crippen LogP contribution in [-0.2, 0) is 13.9 Å². The monoisotopic (exact) mass is 376 g/mol. The van der Waals surface area contributed by atoms with Crippen LogP contribution in [0.5, 0.6) is 0 Å². The first-order chi connectivity index (χ1) is 10.8. The fraction of sp³-hybridized carbons (Fsp3) is 1.00. The zero-order chi connectivity index (χ0) is 20.3. The summed E-state index contributed by atoms with van der Waals surface area (Å²) in [5, 5.41) is -0.993. The van der Waals surface area contributed by atoms with E-state index < -0.39 is 24.4 Å². The lowest BCUT2D eigenvalue weighted by molar-refractivity contribution is -0.0698. The molecular weight excluding hydrogens is 332 g/mol. The van der Waals surface area contributed by atoms with E-state index in [0.717, 1.165) is 13.0 Å². The fourth-order valence-electron chi connectivity index (χ4n) is 2.71. The second kappa shape index (κ2) is 8.36. The van der Waals surface area contributed by atoms with Gasteiger partial charge in [0, 0.05) is 18.4 Å². The van der Waals surface area contributed by atoms with Gasteiger partial charge in [-0.25, -0.2) is 0 Å². The van der Waals surface area contributed by atoms with Gasteiger partial charge in [0.2, 0.25) is 8.32 Å². The molecule has 0 fully saturated rings. The number of ether oxygens (including phenoxy) is 2. The van der Waals surface area contributed by atoms with Crippen LogP contribution in [0.3, 0.4) is 0 Å². The van der Waals surface area contributed by atoms with Crippen LogP contribution >= 0.6 is 0 Å². The standard InChI is InChI=1S/C19H44N2O3Si/c1-15(2)14-23-16(3,4)12-13-22-19(9,10)25(11,18(7,8)21)24-17(5,6)20/h15H,12-14,20-21H2,1-11H3. The van der Waals surface area contributed by atoms with Crippen molar-refractivity contribution in [3.63, 3.8) is 0 Å². The van der Waals surface area contributed by atoms with Gasteiger partial charge in [-0.1, -0.05) is 13.8 Å². The van der Waals surface area contributed by atoms with Crippen molar-refractivity contribution in [3.8, 4) is 0 Å². The zero-order valence-electron chi connectivity index (χ0n) is 18.6. The molecule has 4 N–H and O–H groups in total. The maximum Gasteiger partial charge on any atom is 0.241 e. The molecule has 1 unspecified atom stereocenters. The molecule has 0 saturated heterocycles. The van der Waals surface area contributed by atoms with E-state index in [4.69, 9.17) is 25.4 Å². The normalized spacial score (nSPS) is 17.0. The van der Waals surface area contributed by atoms with Crippen molar-refractivity contribution in [2.75, 3.05) is 13.2 Å². The molecule has 0 bridgehead atoms. The quantitative estimate of drug-likeness (QED) is 0.424. The Balaban J connectivity index is 5.07. The van der Waals surface area contributed by atoms with Gasteiger partial charge in [-0.15, -0.1) is 0 Å². The van der Waals surface area contributed by atoms with Crippen molar-refractivity contribution in [2.24, 2.45) is 17.4 Å². The summed E-state index contributed by atoms with van der Waals surface area (Å²) in [6.45, 7) is 23.9. The highest BCUT2D eigenvalue weighted by Crippen LogP contribution is 2.36. The van der Waals surface area contributed by atoms with Crippen LogP contribution in [0.4, 0.5) is 0 Å². The van der Waals surface area contributed by atoms with Gasteiger partial charge in [-0.2, -0.15) is 0 Å². The molecule has 0 aliphatic carbocycles. The van der Waals surface area contributed by atoms with Crippen molar-refractivity contribution in [2.45, 2.75) is 104 Å². The SMILES string of the molecule is CC(C)COC(C)(C)CCOC(C)(C)[Si](C)(OC(C)(C)N)C(C)(C)N. The van der Waals surface area contributed by atoms with Gasteiger partial charge >= 0.3 is 0 Å². The van der Waals surface area contributed by atoms with E-state index in [1.165, 1.54) is 0 Å². The Kier molecular flexibility index (Phi) is 8.36. The molecule has 1 atom stereocenters. The Bertz CT molecular complexity index is 412. The number of hydrogen-bond donors (Lipinski definition) is 2. The molecule has 0 heterocycles. The van der Waals surface area contributed by atoms with Crippen molar-refractivity contribution in [3.05, 3.63) is 0 Å². The number of hydrogen-bond acceptors (Lipinski definition) is 5. The summed E-state index contributed by atoms with van der Waals surface area (Å²) in [7, 11) is -2.56. The maximum atomic E-state index is 6.52. The van der Waals surface area contributed by atoms with Crippen LogP contribution in [0.25, 0.3) is 0 Å². The van der Waals surface area contributed by atoms with Crippen molar-refractivity contribution >= 4 is 8.32 Å². The van der Waals surface area contributed by atoms with Crippen LogP contribution in [0.15, 0.2) is 0 Å². The van der Waals surface area contributed by atoms with Crippen LogP contribution < -0.4 is 11.5 Å². The van der Waals surface area contributed by atoms with Gasteiger partial charge in [-0.05, 0) is 74.3 Å². The predicted octanol–water partition coefficient (Wildman–Crippen LogP) is 3.73. The Labute approximate surface area is 157 Å². The lowest BCUT2D eigenvalue weighted by Gasteiger charge is -2.51. The summed E-state index contributed by atoms with van der Waals surface area (Å²) in [5.41, 5.74) is 11.7. The Morgan fingerprint density at radius 3 is 1.72 bits per heavy atom. The molecule has 6 heteroatoms. The van der Waals surface area contributed by atoms with E-state index in [9.17, 15) is 0 Å². The third-order valence-electron chi connectivity index (χ3n) is 4.82. The van der Waals surface area contributed by atoms with E-state index in [1.54, 1.807) is 0 Å². The summed E-state index contributed by atoms with van der Waals surface area (Å²) >= 11 is 0. The molecule has 0 aromatic carbocycles. The molecule has 0 spiro atoms. The highest BCUT2D eigenvalue weighted by molar-refractivity contribution is 6.78. The highest BCUT2D eigenvalue weighted by Gasteiger charge is 2.57. The molecule has 0 rings (SSSR count). The predicted molar refractivity (Wildman–Crippen MR) is 109 cm³/mol. The third-order valence-corrected chi connectivity index (χ3v) is 10.7. The van der Waals surface area contributed by atoms with Crippen molar-refractivity contribution in [1.82, 2.24) is 0 Å². The zero-order valence-corrected chi connectivity index (χ0v) is 19.6. The third kappa shape index (κ3) is 8.06. The van der Waals surface area contributed by atoms with Crippen molar-refractivity contribution in [1.29, 1.82) is 0 Å². The molecule has 0 aromatic rings. The summed E-state index contributed by atoms with van der Waals surface area (Å²) < 4.78 is 18.7. The number of nitrogens with two attached hydrogens (primary N) is 2. The average Bonchev–Trinajstić information content (AvgIpc) is 2.32. The van der Waals surface area contributed by atoms with Gasteiger partial charge in [0.15, 0.2) is 0 Å². The highest BCUT2D eigenvalue weighted by atomic mass is 28.4. The fourth-order valence-corrected chi connectivity index (χ4v) is 6.20. The minimum Gasteiger partial charge on any atom is -0.395 e. The average molecular weight is 377 g/mol. The van der Waals surface area contributed by atoms with E-state index in [2.05, 4.69) is 48.1 Å². The lowest BCUT2D eigenvalue weighted by Crippen LogP contribution is -2.75. The van der Waals surface area contributed by atoms with Crippen LogP contribution in [-0.4, -0.2) is 43.2 Å². The Morgan fingerprint density at radius 2 is 1.36 bits per heavy atom. The first-order valence-electron chi connectivity index (χ1n) is 9.39. The molecule has 0 radical (unpaired) electrons. The van der Waals surface area contributed by atoms with Crippen LogP contribution in [0.2, 0.25) is 6.55 Å². The molecule has 0 saturated carbocycles. The van der Waals surface area contributed by atoms with Gasteiger partial charge in [0.25, 0.3) is 0 Å². The molecular formula is C19H44N2O3Si. The van der Waals surface area contributed by atoms with Gasteiger partial charge < -0.3 is 25.4 Å². The van der Waals surface area contributed by atoms with Crippen LogP contribution in [0, 0.1) is 5.92 Å². The van der Waals surface area contributed by atoms with Gasteiger partial charge in [-0.3, -0.25) is 0 Å². The molecule has 0 aromatic heterocycles. The van der Waals surface area contributed by atoms with Gasteiger partial charge in [0.1, 0.15) is 0 Å². The Hall–Kier alpha value is 0.0169. The van der Waals surface area contributed by atoms with E-state index in [-0.39, 0.29) is 5.60 Å². The van der Waals surface area contributed by atoms with Crippen LogP contribution in [0.1, 0.15) is 75.7 Å². The molecule has 0 amide bonds. The minimum absolute atomic E-state index is 0.218. The summed E-state index contributed by atoms with van der Waals surface area (Å²) in [5.74, 6) is 0.519. The molecule has 152 valence electrons. The minimum atomic E-state index is -2.56. The lowest BCUT2D eigenvalue weighted by atomic mass is 10.1. The van der Waals surface area contributed by atoms with Crippen molar-refractivity contribution < 1.29 is 13.9 Å². The van der Waals surface area contributed by atoms with E-state index in [1.807, 2.05) is 27.7 Å². The second-order valence-corrected chi connectivity index (χ2v) is 14.8. The molecule has 25 heavy (non-hydrogen) atoms. The largest absolute Gasteiger partial charge is 0.395 e. The first kappa shape index (κ1) is 25.0. The summed E-state index contributed by atoms with van der Waals surface area (Å²) in [6.07, 6.45) is 0.810.